The number of carbonyl (C=O) groups excluding carboxylic acids is 1. The molecule has 0 aliphatic carbocycles. The zero-order valence-electron chi connectivity index (χ0n) is 10.2. The molecule has 3 nitrogen and oxygen atoms in total. The number of nitrogens with one attached hydrogen (secondary N) is 1. The maximum Gasteiger partial charge on any atom is 0.255 e. The molecule has 19 heavy (non-hydrogen) atoms. The Balaban J connectivity index is 2.11. The number of amides is 1. The third-order valence-corrected chi connectivity index (χ3v) is 4.21. The first-order valence-electron chi connectivity index (χ1n) is 5.56. The SMILES string of the molecule is CS(=O)c1ccc(C(=O)Nc2ccc(I)cc2)cc1. The minimum atomic E-state index is -1.02. The lowest BCUT2D eigenvalue weighted by atomic mass is 10.2. The van der Waals surface area contributed by atoms with Crippen molar-refractivity contribution in [1.82, 2.24) is 0 Å². The summed E-state index contributed by atoms with van der Waals surface area (Å²) in [5.74, 6) is -0.172. The smallest absolute Gasteiger partial charge is 0.255 e. The lowest BCUT2D eigenvalue weighted by Gasteiger charge is -2.05. The number of hydrogen-bond acceptors (Lipinski definition) is 2. The summed E-state index contributed by atoms with van der Waals surface area (Å²) in [4.78, 5) is 12.7. The first kappa shape index (κ1) is 14.2. The molecule has 0 saturated heterocycles. The maximum absolute atomic E-state index is 12.0. The van der Waals surface area contributed by atoms with Crippen molar-refractivity contribution in [1.29, 1.82) is 0 Å². The fraction of sp³-hybridized carbons (Fsp3) is 0.0714. The Morgan fingerprint density at radius 1 is 1.05 bits per heavy atom. The number of carbonyl (C=O) groups is 1. The van der Waals surface area contributed by atoms with Gasteiger partial charge in [0.1, 0.15) is 0 Å². The fourth-order valence-corrected chi connectivity index (χ4v) is 2.41. The third-order valence-electron chi connectivity index (χ3n) is 2.55. The van der Waals surface area contributed by atoms with E-state index < -0.39 is 10.8 Å². The van der Waals surface area contributed by atoms with Gasteiger partial charge in [-0.3, -0.25) is 9.00 Å². The van der Waals surface area contributed by atoms with Crippen LogP contribution in [0.1, 0.15) is 10.4 Å². The molecule has 0 fully saturated rings. The predicted octanol–water partition coefficient (Wildman–Crippen LogP) is 3.28. The largest absolute Gasteiger partial charge is 0.322 e. The highest BCUT2D eigenvalue weighted by Crippen LogP contribution is 2.13. The molecular formula is C14H12INO2S. The zero-order chi connectivity index (χ0) is 13.8. The highest BCUT2D eigenvalue weighted by atomic mass is 127. The standard InChI is InChI=1S/C14H12INO2S/c1-19(18)13-8-2-10(3-9-13)14(17)16-12-6-4-11(15)5-7-12/h2-9H,1H3,(H,16,17). The van der Waals surface area contributed by atoms with E-state index in [1.54, 1.807) is 30.5 Å². The van der Waals surface area contributed by atoms with E-state index in [0.29, 0.717) is 10.5 Å². The molecule has 0 saturated carbocycles. The summed E-state index contributed by atoms with van der Waals surface area (Å²) < 4.78 is 12.4. The van der Waals surface area contributed by atoms with Crippen LogP contribution >= 0.6 is 22.6 Å². The Labute approximate surface area is 128 Å². The van der Waals surface area contributed by atoms with Crippen LogP contribution in [0.5, 0.6) is 0 Å². The van der Waals surface area contributed by atoms with Gasteiger partial charge in [-0.25, -0.2) is 0 Å². The predicted molar refractivity (Wildman–Crippen MR) is 85.9 cm³/mol. The van der Waals surface area contributed by atoms with Gasteiger partial charge in [-0.15, -0.1) is 0 Å². The lowest BCUT2D eigenvalue weighted by Crippen LogP contribution is -2.11. The second-order valence-electron chi connectivity index (χ2n) is 3.94. The third kappa shape index (κ3) is 3.87. The number of halogens is 1. The van der Waals surface area contributed by atoms with Crippen molar-refractivity contribution in [3.8, 4) is 0 Å². The van der Waals surface area contributed by atoms with Gasteiger partial charge >= 0.3 is 0 Å². The minimum Gasteiger partial charge on any atom is -0.322 e. The van der Waals surface area contributed by atoms with Crippen LogP contribution in [0.15, 0.2) is 53.4 Å². The molecule has 2 rings (SSSR count). The highest BCUT2D eigenvalue weighted by molar-refractivity contribution is 14.1. The summed E-state index contributed by atoms with van der Waals surface area (Å²) in [6.45, 7) is 0. The quantitative estimate of drug-likeness (QED) is 0.825. The highest BCUT2D eigenvalue weighted by Gasteiger charge is 2.06. The van der Waals surface area contributed by atoms with Gasteiger partial charge in [-0.05, 0) is 71.1 Å². The van der Waals surface area contributed by atoms with Crippen LogP contribution in [-0.2, 0) is 10.8 Å². The fourth-order valence-electron chi connectivity index (χ4n) is 1.53. The van der Waals surface area contributed by atoms with Crippen LogP contribution in [-0.4, -0.2) is 16.4 Å². The van der Waals surface area contributed by atoms with Crippen molar-refractivity contribution < 1.29 is 9.00 Å². The maximum atomic E-state index is 12.0. The topological polar surface area (TPSA) is 46.2 Å². The molecule has 0 aromatic heterocycles. The van der Waals surface area contributed by atoms with Gasteiger partial charge in [-0.2, -0.15) is 0 Å². The first-order chi connectivity index (χ1) is 9.06. The second kappa shape index (κ2) is 6.29. The molecule has 98 valence electrons. The van der Waals surface area contributed by atoms with Crippen molar-refractivity contribution in [2.24, 2.45) is 0 Å². The molecule has 0 spiro atoms. The average molecular weight is 385 g/mol. The van der Waals surface area contributed by atoms with Crippen molar-refractivity contribution >= 4 is 45.0 Å². The van der Waals surface area contributed by atoms with Crippen LogP contribution in [0.25, 0.3) is 0 Å². The van der Waals surface area contributed by atoms with E-state index in [1.165, 1.54) is 0 Å². The summed E-state index contributed by atoms with van der Waals surface area (Å²) in [6, 6.07) is 14.3. The monoisotopic (exact) mass is 385 g/mol. The molecule has 5 heteroatoms. The Kier molecular flexibility index (Phi) is 4.71. The normalized spacial score (nSPS) is 11.9. The van der Waals surface area contributed by atoms with Crippen LogP contribution in [0.3, 0.4) is 0 Å². The number of rotatable bonds is 3. The van der Waals surface area contributed by atoms with Crippen molar-refractivity contribution in [2.75, 3.05) is 11.6 Å². The molecule has 0 radical (unpaired) electrons. The average Bonchev–Trinajstić information content (AvgIpc) is 2.41. The van der Waals surface area contributed by atoms with E-state index in [-0.39, 0.29) is 5.91 Å². The van der Waals surface area contributed by atoms with E-state index in [1.807, 2.05) is 24.3 Å². The Morgan fingerprint density at radius 3 is 2.16 bits per heavy atom. The van der Waals surface area contributed by atoms with Crippen LogP contribution in [0.2, 0.25) is 0 Å². The van der Waals surface area contributed by atoms with Gasteiger partial charge in [0, 0.05) is 36.8 Å². The van der Waals surface area contributed by atoms with E-state index in [4.69, 9.17) is 0 Å². The Morgan fingerprint density at radius 2 is 1.63 bits per heavy atom. The van der Waals surface area contributed by atoms with Crippen LogP contribution < -0.4 is 5.32 Å². The van der Waals surface area contributed by atoms with Gasteiger partial charge in [0.25, 0.3) is 5.91 Å². The number of anilines is 1. The number of benzene rings is 2. The molecule has 1 N–H and O–H groups in total. The molecule has 0 bridgehead atoms. The summed E-state index contributed by atoms with van der Waals surface area (Å²) in [5.41, 5.74) is 1.31. The Bertz CT molecular complexity index is 608. The summed E-state index contributed by atoms with van der Waals surface area (Å²) >= 11 is 2.21. The van der Waals surface area contributed by atoms with Crippen molar-refractivity contribution in [2.45, 2.75) is 4.90 Å². The molecule has 1 amide bonds. The van der Waals surface area contributed by atoms with Gasteiger partial charge in [0.15, 0.2) is 0 Å². The van der Waals surface area contributed by atoms with Gasteiger partial charge in [-0.1, -0.05) is 0 Å². The van der Waals surface area contributed by atoms with E-state index in [9.17, 15) is 9.00 Å². The Hall–Kier alpha value is -1.21. The molecule has 0 heterocycles. The van der Waals surface area contributed by atoms with Crippen LogP contribution in [0.4, 0.5) is 5.69 Å². The zero-order valence-corrected chi connectivity index (χ0v) is 13.2. The van der Waals surface area contributed by atoms with Gasteiger partial charge in [0.2, 0.25) is 0 Å². The van der Waals surface area contributed by atoms with Gasteiger partial charge in [0.05, 0.1) is 0 Å². The van der Waals surface area contributed by atoms with E-state index >= 15 is 0 Å². The summed E-state index contributed by atoms with van der Waals surface area (Å²) in [5, 5.41) is 2.82. The van der Waals surface area contributed by atoms with E-state index in [2.05, 4.69) is 27.9 Å². The second-order valence-corrected chi connectivity index (χ2v) is 6.56. The molecule has 1 unspecified atom stereocenters. The van der Waals surface area contributed by atoms with Crippen LogP contribution in [0, 0.1) is 3.57 Å². The number of hydrogen-bond donors (Lipinski definition) is 1. The molecular weight excluding hydrogens is 373 g/mol. The van der Waals surface area contributed by atoms with Gasteiger partial charge < -0.3 is 5.32 Å². The lowest BCUT2D eigenvalue weighted by molar-refractivity contribution is 0.102. The molecule has 1 atom stereocenters. The molecule has 0 aliphatic heterocycles. The van der Waals surface area contributed by atoms with Crippen molar-refractivity contribution in [3.05, 3.63) is 57.7 Å². The van der Waals surface area contributed by atoms with E-state index in [0.717, 1.165) is 9.26 Å². The first-order valence-corrected chi connectivity index (χ1v) is 8.20. The molecule has 2 aromatic rings. The molecule has 0 aliphatic rings. The molecule has 2 aromatic carbocycles. The minimum absolute atomic E-state index is 0.172. The summed E-state index contributed by atoms with van der Waals surface area (Å²) in [6.07, 6.45) is 1.61. The van der Waals surface area contributed by atoms with Crippen molar-refractivity contribution in [3.63, 3.8) is 0 Å². The summed E-state index contributed by atoms with van der Waals surface area (Å²) in [7, 11) is -1.02.